The van der Waals surface area contributed by atoms with E-state index in [0.29, 0.717) is 42.0 Å². The third kappa shape index (κ3) is 4.05. The third-order valence-corrected chi connectivity index (χ3v) is 7.03. The van der Waals surface area contributed by atoms with Crippen LogP contribution in [0.2, 0.25) is 0 Å². The number of amides is 1. The quantitative estimate of drug-likeness (QED) is 0.354. The van der Waals surface area contributed by atoms with Crippen LogP contribution < -0.4 is 14.4 Å². The fourth-order valence-electron chi connectivity index (χ4n) is 4.16. The number of benzene rings is 2. The molecule has 1 unspecified atom stereocenters. The van der Waals surface area contributed by atoms with Crippen LogP contribution in [0.5, 0.6) is 11.5 Å². The normalized spacial score (nSPS) is 15.9. The molecule has 33 heavy (non-hydrogen) atoms. The Morgan fingerprint density at radius 3 is 2.91 bits per heavy atom. The molecule has 4 aromatic rings. The summed E-state index contributed by atoms with van der Waals surface area (Å²) in [5, 5.41) is 1.42. The van der Waals surface area contributed by atoms with E-state index < -0.39 is 0 Å². The van der Waals surface area contributed by atoms with E-state index in [0.717, 1.165) is 34.0 Å². The molecule has 1 aliphatic rings. The molecule has 1 aliphatic heterocycles. The van der Waals surface area contributed by atoms with Gasteiger partial charge in [-0.05, 0) is 50.5 Å². The monoisotopic (exact) mass is 466 g/mol. The van der Waals surface area contributed by atoms with Gasteiger partial charge in [0, 0.05) is 12.0 Å². The lowest BCUT2D eigenvalue weighted by Crippen LogP contribution is -2.37. The summed E-state index contributed by atoms with van der Waals surface area (Å²) in [5.41, 5.74) is 2.41. The molecule has 1 atom stereocenters. The van der Waals surface area contributed by atoms with Crippen molar-refractivity contribution in [3.8, 4) is 11.5 Å². The number of furan rings is 1. The van der Waals surface area contributed by atoms with Crippen LogP contribution in [0.1, 0.15) is 35.9 Å². The van der Waals surface area contributed by atoms with Crippen molar-refractivity contribution in [3.63, 3.8) is 0 Å². The summed E-state index contributed by atoms with van der Waals surface area (Å²) in [6.07, 6.45) is 1.86. The lowest BCUT2D eigenvalue weighted by atomic mass is 10.2. The molecule has 0 bridgehead atoms. The number of ether oxygens (including phenoxy) is 3. The summed E-state index contributed by atoms with van der Waals surface area (Å²) in [6, 6.07) is 11.3. The van der Waals surface area contributed by atoms with E-state index in [2.05, 4.69) is 0 Å². The van der Waals surface area contributed by atoms with Crippen molar-refractivity contribution >= 4 is 43.6 Å². The van der Waals surface area contributed by atoms with E-state index in [9.17, 15) is 4.79 Å². The van der Waals surface area contributed by atoms with E-state index in [1.807, 2.05) is 44.2 Å². The zero-order valence-corrected chi connectivity index (χ0v) is 19.7. The highest BCUT2D eigenvalue weighted by Crippen LogP contribution is 2.38. The van der Waals surface area contributed by atoms with Crippen LogP contribution in [-0.2, 0) is 4.74 Å². The van der Waals surface area contributed by atoms with Crippen molar-refractivity contribution in [2.75, 3.05) is 31.8 Å². The van der Waals surface area contributed by atoms with Gasteiger partial charge < -0.3 is 18.6 Å². The second kappa shape index (κ2) is 9.03. The molecular weight excluding hydrogens is 440 g/mol. The van der Waals surface area contributed by atoms with Crippen molar-refractivity contribution in [2.45, 2.75) is 32.8 Å². The number of thiazole rings is 1. The minimum absolute atomic E-state index is 0.0349. The number of hydrogen-bond acceptors (Lipinski definition) is 7. The van der Waals surface area contributed by atoms with E-state index in [-0.39, 0.29) is 17.8 Å². The topological polar surface area (TPSA) is 74.0 Å². The van der Waals surface area contributed by atoms with Gasteiger partial charge in [0.25, 0.3) is 5.91 Å². The Hall–Kier alpha value is -3.10. The van der Waals surface area contributed by atoms with Gasteiger partial charge in [0.15, 0.2) is 22.2 Å². The van der Waals surface area contributed by atoms with Crippen molar-refractivity contribution in [1.29, 1.82) is 0 Å². The van der Waals surface area contributed by atoms with Crippen LogP contribution in [0.3, 0.4) is 0 Å². The Morgan fingerprint density at radius 2 is 2.15 bits per heavy atom. The molecule has 172 valence electrons. The van der Waals surface area contributed by atoms with Gasteiger partial charge in [0.1, 0.15) is 11.3 Å². The molecule has 0 radical (unpaired) electrons. The zero-order chi connectivity index (χ0) is 22.9. The van der Waals surface area contributed by atoms with E-state index in [1.54, 1.807) is 18.1 Å². The Balaban J connectivity index is 1.57. The van der Waals surface area contributed by atoms with Gasteiger partial charge in [0.2, 0.25) is 0 Å². The molecule has 5 rings (SSSR count). The van der Waals surface area contributed by atoms with Gasteiger partial charge in [-0.3, -0.25) is 9.69 Å². The van der Waals surface area contributed by atoms with Crippen LogP contribution in [0, 0.1) is 6.92 Å². The summed E-state index contributed by atoms with van der Waals surface area (Å²) in [6.45, 7) is 5.59. The predicted molar refractivity (Wildman–Crippen MR) is 129 cm³/mol. The maximum Gasteiger partial charge on any atom is 0.295 e. The SMILES string of the molecule is CCOc1cccc2cc(C(=O)N(CC3CCCO3)c3nc4c(OC)ccc(C)c4s3)oc12. The average Bonchev–Trinajstić information content (AvgIpc) is 3.57. The number of carbonyl (C=O) groups excluding carboxylic acids is 1. The number of nitrogens with zero attached hydrogens (tertiary/aromatic N) is 2. The summed E-state index contributed by atoms with van der Waals surface area (Å²) < 4.78 is 24.1. The largest absolute Gasteiger partial charge is 0.494 e. The molecule has 8 heteroatoms. The minimum atomic E-state index is -0.250. The summed E-state index contributed by atoms with van der Waals surface area (Å²) >= 11 is 1.48. The van der Waals surface area contributed by atoms with Gasteiger partial charge in [-0.2, -0.15) is 0 Å². The first kappa shape index (κ1) is 21.7. The van der Waals surface area contributed by atoms with Crippen molar-refractivity contribution in [3.05, 3.63) is 47.7 Å². The molecule has 0 N–H and O–H groups in total. The molecular formula is C25H26N2O5S. The molecule has 2 aromatic heterocycles. The minimum Gasteiger partial charge on any atom is -0.494 e. The number of aromatic nitrogens is 1. The maximum absolute atomic E-state index is 13.8. The van der Waals surface area contributed by atoms with E-state index >= 15 is 0 Å². The van der Waals surface area contributed by atoms with Gasteiger partial charge in [-0.25, -0.2) is 4.98 Å². The van der Waals surface area contributed by atoms with Crippen LogP contribution in [0.15, 0.2) is 40.8 Å². The number of methoxy groups -OCH3 is 1. The molecule has 0 saturated carbocycles. The Labute approximate surface area is 195 Å². The number of para-hydroxylation sites is 1. The zero-order valence-electron chi connectivity index (χ0n) is 18.9. The number of anilines is 1. The highest BCUT2D eigenvalue weighted by Gasteiger charge is 2.30. The highest BCUT2D eigenvalue weighted by atomic mass is 32.1. The number of aryl methyl sites for hydroxylation is 1. The Bertz CT molecular complexity index is 1310. The molecule has 3 heterocycles. The Morgan fingerprint density at radius 1 is 1.27 bits per heavy atom. The first-order valence-corrected chi connectivity index (χ1v) is 11.9. The molecule has 7 nitrogen and oxygen atoms in total. The molecule has 2 aromatic carbocycles. The van der Waals surface area contributed by atoms with Crippen LogP contribution in [0.25, 0.3) is 21.2 Å². The smallest absolute Gasteiger partial charge is 0.295 e. The van der Waals surface area contributed by atoms with Crippen molar-refractivity contribution in [1.82, 2.24) is 4.98 Å². The average molecular weight is 467 g/mol. The van der Waals surface area contributed by atoms with Gasteiger partial charge in [-0.1, -0.05) is 29.5 Å². The second-order valence-electron chi connectivity index (χ2n) is 8.03. The number of hydrogen-bond donors (Lipinski definition) is 0. The van der Waals surface area contributed by atoms with Gasteiger partial charge in [-0.15, -0.1) is 0 Å². The van der Waals surface area contributed by atoms with Crippen LogP contribution >= 0.6 is 11.3 Å². The maximum atomic E-state index is 13.8. The highest BCUT2D eigenvalue weighted by molar-refractivity contribution is 7.22. The van der Waals surface area contributed by atoms with Crippen molar-refractivity contribution in [2.24, 2.45) is 0 Å². The molecule has 0 spiro atoms. The molecule has 0 aliphatic carbocycles. The fraction of sp³-hybridized carbons (Fsp3) is 0.360. The number of carbonyl (C=O) groups is 1. The van der Waals surface area contributed by atoms with Gasteiger partial charge >= 0.3 is 0 Å². The summed E-state index contributed by atoms with van der Waals surface area (Å²) in [4.78, 5) is 20.2. The fourth-order valence-corrected chi connectivity index (χ4v) is 5.22. The van der Waals surface area contributed by atoms with Gasteiger partial charge in [0.05, 0.1) is 31.1 Å². The molecule has 1 amide bonds. The summed E-state index contributed by atoms with van der Waals surface area (Å²) in [5.74, 6) is 1.31. The lowest BCUT2D eigenvalue weighted by molar-refractivity contribution is 0.0896. The lowest BCUT2D eigenvalue weighted by Gasteiger charge is -2.22. The third-order valence-electron chi connectivity index (χ3n) is 5.82. The van der Waals surface area contributed by atoms with Crippen molar-refractivity contribution < 1.29 is 23.4 Å². The molecule has 1 fully saturated rings. The Kier molecular flexibility index (Phi) is 5.95. The first-order chi connectivity index (χ1) is 16.1. The van der Waals surface area contributed by atoms with Crippen LogP contribution in [-0.4, -0.2) is 43.9 Å². The first-order valence-electron chi connectivity index (χ1n) is 11.1. The molecule has 1 saturated heterocycles. The predicted octanol–water partition coefficient (Wildman–Crippen LogP) is 5.58. The number of fused-ring (bicyclic) bond motifs is 2. The standard InChI is InChI=1S/C25H26N2O5S/c1-4-30-19-9-5-7-16-13-20(32-22(16)19)24(28)27(14-17-8-6-12-31-17)25-26-21-18(29-3)11-10-15(2)23(21)33-25/h5,7,9-11,13,17H,4,6,8,12,14H2,1-3H3. The van der Waals surface area contributed by atoms with E-state index in [1.165, 1.54) is 11.3 Å². The number of rotatable bonds is 7. The summed E-state index contributed by atoms with van der Waals surface area (Å²) in [7, 11) is 1.63. The van der Waals surface area contributed by atoms with Crippen LogP contribution in [0.4, 0.5) is 5.13 Å². The van der Waals surface area contributed by atoms with E-state index in [4.69, 9.17) is 23.6 Å². The second-order valence-corrected chi connectivity index (χ2v) is 9.01.